The molecule has 0 unspecified atom stereocenters. The SMILES string of the molecule is CCOC(=O)[C@@H]1CC[C@@H](CC)N1C(=O)C1=C(C)N2C(=N[C@@H](c3ccc(Cl)cc3)[C@H]2c2ccc(Cl)cc2)S1. The number of thioether (sulfide) groups is 1. The molecular formula is C28H29Cl2N3O3S. The zero-order valence-corrected chi connectivity index (χ0v) is 23.3. The molecule has 3 aliphatic heterocycles. The predicted octanol–water partition coefficient (Wildman–Crippen LogP) is 6.76. The van der Waals surface area contributed by atoms with Crippen LogP contribution >= 0.6 is 35.0 Å². The molecule has 6 nitrogen and oxygen atoms in total. The van der Waals surface area contributed by atoms with Gasteiger partial charge in [0.25, 0.3) is 5.91 Å². The van der Waals surface area contributed by atoms with E-state index in [1.165, 1.54) is 11.8 Å². The molecule has 194 valence electrons. The lowest BCUT2D eigenvalue weighted by atomic mass is 9.93. The number of amidine groups is 1. The standard InChI is InChI=1S/C28H29Cl2N3O3S/c1-4-21-14-15-22(27(35)36-5-2)33(21)26(34)25-16(3)32-24(18-8-12-20(30)13-9-18)23(31-28(32)37-25)17-6-10-19(29)11-7-17/h6-13,21-24H,4-5,14-15H2,1-3H3/t21-,22+,23+,24-/m1/s1. The summed E-state index contributed by atoms with van der Waals surface area (Å²) in [5.74, 6) is -0.451. The Morgan fingerprint density at radius 3 is 2.22 bits per heavy atom. The first-order valence-corrected chi connectivity index (χ1v) is 14.2. The van der Waals surface area contributed by atoms with Gasteiger partial charge in [-0.2, -0.15) is 0 Å². The minimum Gasteiger partial charge on any atom is -0.464 e. The smallest absolute Gasteiger partial charge is 0.328 e. The number of hydrogen-bond acceptors (Lipinski definition) is 6. The van der Waals surface area contributed by atoms with Gasteiger partial charge in [0, 0.05) is 21.8 Å². The van der Waals surface area contributed by atoms with Crippen LogP contribution in [0.25, 0.3) is 0 Å². The van der Waals surface area contributed by atoms with Crippen LogP contribution in [0, 0.1) is 0 Å². The summed E-state index contributed by atoms with van der Waals surface area (Å²) in [5, 5.41) is 2.11. The van der Waals surface area contributed by atoms with Crippen molar-refractivity contribution in [1.82, 2.24) is 9.80 Å². The Morgan fingerprint density at radius 1 is 1.00 bits per heavy atom. The number of likely N-dealkylation sites (tertiary alicyclic amines) is 1. The van der Waals surface area contributed by atoms with E-state index in [1.807, 2.05) is 55.5 Å². The van der Waals surface area contributed by atoms with E-state index in [1.54, 1.807) is 11.8 Å². The van der Waals surface area contributed by atoms with Crippen LogP contribution in [0.3, 0.4) is 0 Å². The van der Waals surface area contributed by atoms with E-state index < -0.39 is 6.04 Å². The van der Waals surface area contributed by atoms with Crippen molar-refractivity contribution in [3.05, 3.63) is 80.3 Å². The van der Waals surface area contributed by atoms with Gasteiger partial charge in [0.2, 0.25) is 0 Å². The lowest BCUT2D eigenvalue weighted by molar-refractivity contribution is -0.152. The second kappa shape index (κ2) is 10.7. The molecule has 3 aliphatic rings. The maximum absolute atomic E-state index is 14.0. The van der Waals surface area contributed by atoms with Crippen molar-refractivity contribution in [3.8, 4) is 0 Å². The van der Waals surface area contributed by atoms with Gasteiger partial charge in [0.1, 0.15) is 12.1 Å². The lowest BCUT2D eigenvalue weighted by Gasteiger charge is -2.30. The van der Waals surface area contributed by atoms with Crippen LogP contribution in [0.2, 0.25) is 10.0 Å². The molecule has 0 saturated carbocycles. The Kier molecular flexibility index (Phi) is 7.57. The molecule has 4 atom stereocenters. The third kappa shape index (κ3) is 4.77. The Balaban J connectivity index is 1.51. The molecule has 0 bridgehead atoms. The summed E-state index contributed by atoms with van der Waals surface area (Å²) in [5.41, 5.74) is 2.93. The van der Waals surface area contributed by atoms with Gasteiger partial charge in [-0.15, -0.1) is 0 Å². The monoisotopic (exact) mass is 557 g/mol. The third-order valence-corrected chi connectivity index (χ3v) is 8.96. The van der Waals surface area contributed by atoms with Gasteiger partial charge in [-0.1, -0.05) is 54.4 Å². The van der Waals surface area contributed by atoms with Crippen LogP contribution in [0.4, 0.5) is 0 Å². The van der Waals surface area contributed by atoms with E-state index in [4.69, 9.17) is 32.9 Å². The number of esters is 1. The summed E-state index contributed by atoms with van der Waals surface area (Å²) in [6, 6.07) is 14.7. The number of aliphatic imine (C=N–C) groups is 1. The fraction of sp³-hybridized carbons (Fsp3) is 0.393. The molecule has 0 spiro atoms. The molecule has 9 heteroatoms. The van der Waals surface area contributed by atoms with E-state index in [9.17, 15) is 9.59 Å². The molecule has 0 aliphatic carbocycles. The van der Waals surface area contributed by atoms with Gasteiger partial charge in [0.15, 0.2) is 5.17 Å². The molecule has 1 saturated heterocycles. The normalized spacial score (nSPS) is 24.9. The van der Waals surface area contributed by atoms with Crippen LogP contribution in [0.1, 0.15) is 63.2 Å². The molecule has 1 fully saturated rings. The summed E-state index contributed by atoms with van der Waals surface area (Å²) in [6.07, 6.45) is 2.20. The Morgan fingerprint density at radius 2 is 1.62 bits per heavy atom. The van der Waals surface area contributed by atoms with Crippen molar-refractivity contribution in [3.63, 3.8) is 0 Å². The number of fused-ring (bicyclic) bond motifs is 1. The second-order valence-corrected chi connectivity index (χ2v) is 11.3. The Labute approximate surface area is 231 Å². The van der Waals surface area contributed by atoms with E-state index >= 15 is 0 Å². The van der Waals surface area contributed by atoms with Crippen molar-refractivity contribution in [2.75, 3.05) is 6.61 Å². The van der Waals surface area contributed by atoms with Crippen molar-refractivity contribution in [2.45, 2.75) is 64.2 Å². The molecule has 0 radical (unpaired) electrons. The number of allylic oxidation sites excluding steroid dienone is 1. The summed E-state index contributed by atoms with van der Waals surface area (Å²) in [4.78, 5) is 36.3. The number of amides is 1. The Bertz CT molecular complexity index is 1260. The number of ether oxygens (including phenoxy) is 1. The van der Waals surface area contributed by atoms with E-state index in [0.29, 0.717) is 28.0 Å². The summed E-state index contributed by atoms with van der Waals surface area (Å²) in [7, 11) is 0. The van der Waals surface area contributed by atoms with Crippen molar-refractivity contribution >= 4 is 52.0 Å². The number of rotatable bonds is 6. The van der Waals surface area contributed by atoms with Crippen LogP contribution in [-0.4, -0.2) is 45.5 Å². The molecule has 37 heavy (non-hydrogen) atoms. The third-order valence-electron chi connectivity index (χ3n) is 7.30. The minimum absolute atomic E-state index is 0.00839. The van der Waals surface area contributed by atoms with Crippen LogP contribution in [0.5, 0.6) is 0 Å². The van der Waals surface area contributed by atoms with Crippen molar-refractivity contribution in [2.24, 2.45) is 4.99 Å². The summed E-state index contributed by atoms with van der Waals surface area (Å²) in [6.45, 7) is 6.10. The van der Waals surface area contributed by atoms with Gasteiger partial charge < -0.3 is 14.5 Å². The lowest BCUT2D eigenvalue weighted by Crippen LogP contribution is -2.45. The van der Waals surface area contributed by atoms with Crippen LogP contribution in [-0.2, 0) is 14.3 Å². The maximum Gasteiger partial charge on any atom is 0.328 e. The highest BCUT2D eigenvalue weighted by molar-refractivity contribution is 8.18. The highest BCUT2D eigenvalue weighted by Crippen LogP contribution is 2.52. The number of carbonyl (C=O) groups is 2. The number of hydrogen-bond donors (Lipinski definition) is 0. The molecule has 2 aromatic rings. The highest BCUT2D eigenvalue weighted by atomic mass is 35.5. The van der Waals surface area contributed by atoms with Gasteiger partial charge in [-0.3, -0.25) is 9.79 Å². The van der Waals surface area contributed by atoms with E-state index in [2.05, 4.69) is 11.8 Å². The summed E-state index contributed by atoms with van der Waals surface area (Å²) >= 11 is 13.7. The van der Waals surface area contributed by atoms with Gasteiger partial charge in [0.05, 0.1) is 17.6 Å². The van der Waals surface area contributed by atoms with Crippen LogP contribution < -0.4 is 0 Å². The molecule has 2 aromatic carbocycles. The average molecular weight is 559 g/mol. The van der Waals surface area contributed by atoms with Gasteiger partial charge in [-0.05, 0) is 80.3 Å². The maximum atomic E-state index is 14.0. The van der Waals surface area contributed by atoms with Crippen LogP contribution in [0.15, 0.2) is 64.1 Å². The molecule has 0 N–H and O–H groups in total. The number of nitrogens with zero attached hydrogens (tertiary/aromatic N) is 3. The predicted molar refractivity (Wildman–Crippen MR) is 149 cm³/mol. The zero-order chi connectivity index (χ0) is 26.3. The first-order valence-electron chi connectivity index (χ1n) is 12.6. The number of carbonyl (C=O) groups excluding carboxylic acids is 2. The minimum atomic E-state index is -0.551. The molecule has 1 amide bonds. The highest BCUT2D eigenvalue weighted by Gasteiger charge is 2.48. The number of benzene rings is 2. The molecule has 0 aromatic heterocycles. The molecular weight excluding hydrogens is 529 g/mol. The van der Waals surface area contributed by atoms with E-state index in [-0.39, 0.29) is 30.0 Å². The fourth-order valence-corrected chi connectivity index (χ4v) is 6.89. The fourth-order valence-electron chi connectivity index (χ4n) is 5.50. The first kappa shape index (κ1) is 26.1. The quantitative estimate of drug-likeness (QED) is 0.367. The first-order chi connectivity index (χ1) is 17.8. The summed E-state index contributed by atoms with van der Waals surface area (Å²) < 4.78 is 5.31. The Hall–Kier alpha value is -2.48. The number of halogens is 2. The van der Waals surface area contributed by atoms with E-state index in [0.717, 1.165) is 34.8 Å². The second-order valence-electron chi connectivity index (χ2n) is 9.41. The zero-order valence-electron chi connectivity index (χ0n) is 21.0. The van der Waals surface area contributed by atoms with Crippen molar-refractivity contribution in [1.29, 1.82) is 0 Å². The van der Waals surface area contributed by atoms with Gasteiger partial charge >= 0.3 is 5.97 Å². The molecule has 5 rings (SSSR count). The average Bonchev–Trinajstić information content (AvgIpc) is 3.57. The largest absolute Gasteiger partial charge is 0.464 e. The topological polar surface area (TPSA) is 62.2 Å². The molecule has 3 heterocycles. The van der Waals surface area contributed by atoms with Crippen molar-refractivity contribution < 1.29 is 14.3 Å². The van der Waals surface area contributed by atoms with Gasteiger partial charge in [-0.25, -0.2) is 4.79 Å².